The average Bonchev–Trinajstić information content (AvgIpc) is 3.01. The smallest absolute Gasteiger partial charge is 0.308 e. The maximum Gasteiger partial charge on any atom is 0.308 e. The minimum atomic E-state index is -0.576. The number of ether oxygens (including phenoxy) is 1. The van der Waals surface area contributed by atoms with Crippen LogP contribution in [0.2, 0.25) is 0 Å². The van der Waals surface area contributed by atoms with Crippen LogP contribution in [0.4, 0.5) is 0 Å². The van der Waals surface area contributed by atoms with Crippen molar-refractivity contribution in [3.05, 3.63) is 0 Å². The van der Waals surface area contributed by atoms with Crippen LogP contribution in [0.1, 0.15) is 51.9 Å². The largest absolute Gasteiger partial charge is 0.466 e. The second-order valence-electron chi connectivity index (χ2n) is 7.01. The minimum Gasteiger partial charge on any atom is -0.466 e. The predicted octanol–water partition coefficient (Wildman–Crippen LogP) is 1.96. The van der Waals surface area contributed by atoms with Crippen molar-refractivity contribution in [2.45, 2.75) is 63.5 Å². The van der Waals surface area contributed by atoms with Crippen LogP contribution in [-0.4, -0.2) is 47.3 Å². The maximum absolute atomic E-state index is 11.7. The molecule has 1 aliphatic heterocycles. The third-order valence-corrected chi connectivity index (χ3v) is 5.56. The van der Waals surface area contributed by atoms with Gasteiger partial charge >= 0.3 is 5.97 Å². The first-order valence-corrected chi connectivity index (χ1v) is 8.23. The van der Waals surface area contributed by atoms with Gasteiger partial charge in [0.15, 0.2) is 0 Å². The monoisotopic (exact) mass is 281 g/mol. The van der Waals surface area contributed by atoms with Gasteiger partial charge in [-0.3, -0.25) is 9.69 Å². The van der Waals surface area contributed by atoms with Crippen molar-refractivity contribution in [3.8, 4) is 0 Å². The van der Waals surface area contributed by atoms with Crippen LogP contribution in [0.3, 0.4) is 0 Å². The molecule has 3 aliphatic rings. The van der Waals surface area contributed by atoms with Gasteiger partial charge in [0.05, 0.1) is 18.1 Å². The number of carbonyl (C=O) groups excluding carboxylic acids is 1. The number of piperidine rings is 1. The molecular formula is C16H27NO3. The van der Waals surface area contributed by atoms with Crippen molar-refractivity contribution in [1.29, 1.82) is 0 Å². The summed E-state index contributed by atoms with van der Waals surface area (Å²) in [6.07, 6.45) is 7.06. The molecule has 4 heteroatoms. The van der Waals surface area contributed by atoms with Gasteiger partial charge < -0.3 is 9.84 Å². The topological polar surface area (TPSA) is 49.8 Å². The molecule has 0 amide bonds. The van der Waals surface area contributed by atoms with E-state index in [4.69, 9.17) is 4.74 Å². The zero-order valence-electron chi connectivity index (χ0n) is 12.5. The van der Waals surface area contributed by atoms with Gasteiger partial charge in [-0.2, -0.15) is 0 Å². The van der Waals surface area contributed by atoms with Gasteiger partial charge in [-0.1, -0.05) is 0 Å². The fourth-order valence-electron chi connectivity index (χ4n) is 4.41. The Hall–Kier alpha value is -0.610. The van der Waals surface area contributed by atoms with Crippen molar-refractivity contribution < 1.29 is 14.6 Å². The average molecular weight is 281 g/mol. The first kappa shape index (κ1) is 14.3. The normalized spacial score (nSPS) is 41.0. The van der Waals surface area contributed by atoms with E-state index in [2.05, 4.69) is 4.90 Å². The van der Waals surface area contributed by atoms with E-state index in [9.17, 15) is 9.90 Å². The summed E-state index contributed by atoms with van der Waals surface area (Å²) < 4.78 is 5.09. The maximum atomic E-state index is 11.7. The molecule has 0 aromatic heterocycles. The molecule has 2 aliphatic carbocycles. The number of β-amino-alcohol motifs (C(OH)–C–C–N with tert-alkyl or cyclic N) is 1. The number of fused-ring (bicyclic) bond motifs is 2. The molecule has 2 atom stereocenters. The molecule has 0 aromatic carbocycles. The lowest BCUT2D eigenvalue weighted by atomic mass is 9.78. The number of esters is 1. The van der Waals surface area contributed by atoms with E-state index in [0.717, 1.165) is 38.1 Å². The number of likely N-dealkylation sites (tertiary alicyclic amines) is 1. The molecule has 1 heterocycles. The van der Waals surface area contributed by atoms with Crippen LogP contribution in [0.15, 0.2) is 0 Å². The Labute approximate surface area is 121 Å². The third kappa shape index (κ3) is 2.86. The van der Waals surface area contributed by atoms with Gasteiger partial charge in [0.1, 0.15) is 0 Å². The summed E-state index contributed by atoms with van der Waals surface area (Å²) in [4.78, 5) is 14.2. The minimum absolute atomic E-state index is 0.00487. The molecular weight excluding hydrogens is 254 g/mol. The van der Waals surface area contributed by atoms with E-state index in [0.29, 0.717) is 12.6 Å². The molecule has 114 valence electrons. The zero-order chi connectivity index (χ0) is 14.2. The quantitative estimate of drug-likeness (QED) is 0.800. The van der Waals surface area contributed by atoms with E-state index in [1.165, 1.54) is 25.8 Å². The number of hydrogen-bond acceptors (Lipinski definition) is 4. The first-order chi connectivity index (χ1) is 9.59. The summed E-state index contributed by atoms with van der Waals surface area (Å²) in [5, 5.41) is 10.8. The van der Waals surface area contributed by atoms with E-state index < -0.39 is 5.60 Å². The Balaban J connectivity index is 1.50. The lowest BCUT2D eigenvalue weighted by molar-refractivity contribution is -0.151. The summed E-state index contributed by atoms with van der Waals surface area (Å²) in [7, 11) is 0. The Bertz CT molecular complexity index is 363. The van der Waals surface area contributed by atoms with Crippen molar-refractivity contribution in [3.63, 3.8) is 0 Å². The Kier molecular flexibility index (Phi) is 4.04. The predicted molar refractivity (Wildman–Crippen MR) is 76.2 cm³/mol. The molecule has 1 saturated heterocycles. The van der Waals surface area contributed by atoms with Crippen molar-refractivity contribution in [2.75, 3.05) is 19.7 Å². The van der Waals surface area contributed by atoms with Gasteiger partial charge in [0.25, 0.3) is 0 Å². The second kappa shape index (κ2) is 5.64. The Morgan fingerprint density at radius 1 is 1.30 bits per heavy atom. The fourth-order valence-corrected chi connectivity index (χ4v) is 4.41. The standard InChI is InChI=1S/C16H27NO3/c1-2-20-15(18)13-5-7-16(19,8-6-13)11-17-10-12-3-4-14(17)9-12/h12-14,19H,2-11H2,1H3. The highest BCUT2D eigenvalue weighted by Gasteiger charge is 2.43. The van der Waals surface area contributed by atoms with Crippen LogP contribution >= 0.6 is 0 Å². The summed E-state index contributed by atoms with van der Waals surface area (Å²) in [5.74, 6) is 0.805. The molecule has 3 rings (SSSR count). The van der Waals surface area contributed by atoms with Gasteiger partial charge in [-0.05, 0) is 57.8 Å². The zero-order valence-corrected chi connectivity index (χ0v) is 12.5. The van der Waals surface area contributed by atoms with E-state index >= 15 is 0 Å². The van der Waals surface area contributed by atoms with Crippen LogP contribution in [0, 0.1) is 11.8 Å². The highest BCUT2D eigenvalue weighted by molar-refractivity contribution is 5.72. The van der Waals surface area contributed by atoms with E-state index in [1.54, 1.807) is 0 Å². The molecule has 0 spiro atoms. The first-order valence-electron chi connectivity index (χ1n) is 8.23. The van der Waals surface area contributed by atoms with Gasteiger partial charge in [-0.25, -0.2) is 0 Å². The second-order valence-corrected chi connectivity index (χ2v) is 7.01. The van der Waals surface area contributed by atoms with Crippen LogP contribution < -0.4 is 0 Å². The lowest BCUT2D eigenvalue weighted by Crippen LogP contribution is -2.48. The molecule has 20 heavy (non-hydrogen) atoms. The number of aliphatic hydroxyl groups is 1. The number of carbonyl (C=O) groups is 1. The van der Waals surface area contributed by atoms with Crippen LogP contribution in [0.5, 0.6) is 0 Å². The lowest BCUT2D eigenvalue weighted by Gasteiger charge is -2.40. The van der Waals surface area contributed by atoms with Crippen LogP contribution in [-0.2, 0) is 9.53 Å². The van der Waals surface area contributed by atoms with Crippen molar-refractivity contribution >= 4 is 5.97 Å². The number of nitrogens with zero attached hydrogens (tertiary/aromatic N) is 1. The summed E-state index contributed by atoms with van der Waals surface area (Å²) in [6, 6.07) is 0.715. The Morgan fingerprint density at radius 2 is 2.05 bits per heavy atom. The summed E-state index contributed by atoms with van der Waals surface area (Å²) >= 11 is 0. The fraction of sp³-hybridized carbons (Fsp3) is 0.938. The highest BCUT2D eigenvalue weighted by atomic mass is 16.5. The summed E-state index contributed by atoms with van der Waals surface area (Å²) in [6.45, 7) is 4.29. The molecule has 3 fully saturated rings. The Morgan fingerprint density at radius 3 is 2.60 bits per heavy atom. The van der Waals surface area contributed by atoms with Gasteiger partial charge in [0.2, 0.25) is 0 Å². The van der Waals surface area contributed by atoms with E-state index in [1.807, 2.05) is 6.92 Å². The molecule has 2 unspecified atom stereocenters. The SMILES string of the molecule is CCOC(=O)C1CCC(O)(CN2CC3CCC2C3)CC1. The molecule has 1 N–H and O–H groups in total. The number of hydrogen-bond donors (Lipinski definition) is 1. The van der Waals surface area contributed by atoms with Crippen molar-refractivity contribution in [1.82, 2.24) is 4.90 Å². The van der Waals surface area contributed by atoms with Gasteiger partial charge in [-0.15, -0.1) is 0 Å². The van der Waals surface area contributed by atoms with E-state index in [-0.39, 0.29) is 11.9 Å². The summed E-state index contributed by atoms with van der Waals surface area (Å²) in [5.41, 5.74) is -0.576. The number of rotatable bonds is 4. The molecule has 2 bridgehead atoms. The van der Waals surface area contributed by atoms with Crippen molar-refractivity contribution in [2.24, 2.45) is 11.8 Å². The third-order valence-electron chi connectivity index (χ3n) is 5.56. The highest BCUT2D eigenvalue weighted by Crippen LogP contribution is 2.40. The molecule has 0 radical (unpaired) electrons. The molecule has 4 nitrogen and oxygen atoms in total. The molecule has 2 saturated carbocycles. The van der Waals surface area contributed by atoms with Crippen LogP contribution in [0.25, 0.3) is 0 Å². The van der Waals surface area contributed by atoms with Gasteiger partial charge in [0, 0.05) is 19.1 Å². The molecule has 0 aromatic rings.